The predicted octanol–water partition coefficient (Wildman–Crippen LogP) is 3.13. The molecule has 1 N–H and O–H groups in total. The molecule has 0 bridgehead atoms. The average Bonchev–Trinajstić information content (AvgIpc) is 2.79. The van der Waals surface area contributed by atoms with E-state index in [1.807, 2.05) is 0 Å². The molecular weight excluding hydrogens is 472 g/mol. The van der Waals surface area contributed by atoms with E-state index >= 15 is 0 Å². The maximum absolute atomic E-state index is 12.7. The Kier molecular flexibility index (Phi) is 9.39. The third-order valence-electron chi connectivity index (χ3n) is 4.61. The van der Waals surface area contributed by atoms with Gasteiger partial charge >= 0.3 is 5.97 Å². The van der Waals surface area contributed by atoms with E-state index in [0.717, 1.165) is 0 Å². The quantitative estimate of drug-likeness (QED) is 0.375. The van der Waals surface area contributed by atoms with Gasteiger partial charge in [0.25, 0.3) is 5.91 Å². The van der Waals surface area contributed by atoms with Crippen LogP contribution in [-0.4, -0.2) is 56.7 Å². The van der Waals surface area contributed by atoms with Gasteiger partial charge in [-0.25, -0.2) is 13.2 Å². The van der Waals surface area contributed by atoms with E-state index in [1.165, 1.54) is 41.6 Å². The van der Waals surface area contributed by atoms with E-state index in [-0.39, 0.29) is 40.0 Å². The van der Waals surface area contributed by atoms with Crippen molar-refractivity contribution in [3.63, 3.8) is 0 Å². The number of hydrogen-bond donors (Lipinski definition) is 1. The summed E-state index contributed by atoms with van der Waals surface area (Å²) >= 11 is 6.11. The minimum absolute atomic E-state index is 0.0298. The van der Waals surface area contributed by atoms with Gasteiger partial charge in [-0.15, -0.1) is 0 Å². The minimum atomic E-state index is -3.76. The van der Waals surface area contributed by atoms with Gasteiger partial charge in [0.1, 0.15) is 5.75 Å². The number of benzene rings is 2. The average molecular weight is 497 g/mol. The molecule has 1 amide bonds. The lowest BCUT2D eigenvalue weighted by atomic mass is 10.2. The van der Waals surface area contributed by atoms with Crippen molar-refractivity contribution >= 4 is 45.5 Å². The van der Waals surface area contributed by atoms with Crippen molar-refractivity contribution in [1.82, 2.24) is 4.31 Å². The van der Waals surface area contributed by atoms with Gasteiger partial charge in [0.05, 0.1) is 21.2 Å². The van der Waals surface area contributed by atoms with Gasteiger partial charge in [0.2, 0.25) is 10.0 Å². The molecule has 0 spiro atoms. The van der Waals surface area contributed by atoms with Crippen LogP contribution in [0, 0.1) is 0 Å². The first-order valence-electron chi connectivity index (χ1n) is 10.1. The molecule has 2 rings (SSSR count). The molecular formula is C22H25ClN2O7S. The van der Waals surface area contributed by atoms with Crippen molar-refractivity contribution in [2.75, 3.05) is 25.0 Å². The molecule has 2 aromatic carbocycles. The number of amides is 1. The van der Waals surface area contributed by atoms with Gasteiger partial charge in [-0.05, 0) is 37.3 Å². The van der Waals surface area contributed by atoms with Crippen LogP contribution in [0.25, 0.3) is 0 Å². The standard InChI is InChI=1S/C22H25ClN2O7S/c1-4-25(5-2)33(29,30)17-10-11-18(23)19(12-17)24-22(28)15(3)32-21(27)14-31-20-9-7-6-8-16(20)13-26/h6-13,15H,4-5,14H2,1-3H3,(H,24,28). The smallest absolute Gasteiger partial charge is 0.344 e. The lowest BCUT2D eigenvalue weighted by molar-refractivity contribution is -0.155. The molecule has 0 aliphatic carbocycles. The molecule has 0 aliphatic rings. The van der Waals surface area contributed by atoms with Crippen LogP contribution in [0.15, 0.2) is 47.4 Å². The number of halogens is 1. The summed E-state index contributed by atoms with van der Waals surface area (Å²) in [6, 6.07) is 10.3. The van der Waals surface area contributed by atoms with Crippen LogP contribution in [0.4, 0.5) is 5.69 Å². The van der Waals surface area contributed by atoms with E-state index < -0.39 is 34.6 Å². The molecule has 0 heterocycles. The van der Waals surface area contributed by atoms with Crippen LogP contribution in [0.3, 0.4) is 0 Å². The summed E-state index contributed by atoms with van der Waals surface area (Å²) in [5.41, 5.74) is 0.333. The first-order chi connectivity index (χ1) is 15.6. The Labute approximate surface area is 197 Å². The molecule has 33 heavy (non-hydrogen) atoms. The summed E-state index contributed by atoms with van der Waals surface area (Å²) in [6.07, 6.45) is -0.629. The molecule has 0 fully saturated rings. The SMILES string of the molecule is CCN(CC)S(=O)(=O)c1ccc(Cl)c(NC(=O)C(C)OC(=O)COc2ccccc2C=O)c1. The number of nitrogens with zero attached hydrogens (tertiary/aromatic N) is 1. The molecule has 11 heteroatoms. The molecule has 0 radical (unpaired) electrons. The van der Waals surface area contributed by atoms with Crippen molar-refractivity contribution < 1.29 is 32.3 Å². The lowest BCUT2D eigenvalue weighted by Crippen LogP contribution is -2.32. The number of nitrogens with one attached hydrogen (secondary N) is 1. The van der Waals surface area contributed by atoms with Crippen LogP contribution in [-0.2, 0) is 24.3 Å². The number of anilines is 1. The Morgan fingerprint density at radius 1 is 1.15 bits per heavy atom. The monoisotopic (exact) mass is 496 g/mol. The van der Waals surface area contributed by atoms with E-state index in [4.69, 9.17) is 21.1 Å². The van der Waals surface area contributed by atoms with E-state index in [0.29, 0.717) is 6.29 Å². The van der Waals surface area contributed by atoms with Crippen molar-refractivity contribution in [2.45, 2.75) is 31.8 Å². The summed E-state index contributed by atoms with van der Waals surface area (Å²) in [5.74, 6) is -1.34. The Bertz CT molecular complexity index is 1120. The van der Waals surface area contributed by atoms with Gasteiger partial charge < -0.3 is 14.8 Å². The number of carbonyl (C=O) groups is 3. The molecule has 0 aromatic heterocycles. The highest BCUT2D eigenvalue weighted by molar-refractivity contribution is 7.89. The Morgan fingerprint density at radius 2 is 1.82 bits per heavy atom. The number of para-hydroxylation sites is 1. The number of aldehydes is 1. The summed E-state index contributed by atoms with van der Waals surface area (Å²) in [4.78, 5) is 35.5. The topological polar surface area (TPSA) is 119 Å². The zero-order chi connectivity index (χ0) is 24.6. The first kappa shape index (κ1) is 26.3. The Balaban J connectivity index is 2.04. The lowest BCUT2D eigenvalue weighted by Gasteiger charge is -2.19. The molecule has 9 nitrogen and oxygen atoms in total. The summed E-state index contributed by atoms with van der Waals surface area (Å²) in [5, 5.41) is 2.60. The highest BCUT2D eigenvalue weighted by Gasteiger charge is 2.24. The molecule has 2 aromatic rings. The number of rotatable bonds is 11. The number of esters is 1. The van der Waals surface area contributed by atoms with Crippen LogP contribution >= 0.6 is 11.6 Å². The molecule has 0 saturated carbocycles. The highest BCUT2D eigenvalue weighted by atomic mass is 35.5. The van der Waals surface area contributed by atoms with E-state index in [9.17, 15) is 22.8 Å². The van der Waals surface area contributed by atoms with Gasteiger partial charge in [0, 0.05) is 13.1 Å². The molecule has 178 valence electrons. The van der Waals surface area contributed by atoms with Gasteiger partial charge in [0.15, 0.2) is 19.0 Å². The van der Waals surface area contributed by atoms with Crippen molar-refractivity contribution in [1.29, 1.82) is 0 Å². The normalized spacial score (nSPS) is 12.2. The number of carbonyl (C=O) groups excluding carboxylic acids is 3. The number of hydrogen-bond acceptors (Lipinski definition) is 7. The predicted molar refractivity (Wildman–Crippen MR) is 123 cm³/mol. The van der Waals surface area contributed by atoms with Gasteiger partial charge in [-0.1, -0.05) is 37.6 Å². The maximum Gasteiger partial charge on any atom is 0.344 e. The Hall–Kier alpha value is -2.95. The van der Waals surface area contributed by atoms with Crippen molar-refractivity contribution in [3.05, 3.63) is 53.1 Å². The van der Waals surface area contributed by atoms with Crippen LogP contribution in [0.5, 0.6) is 5.75 Å². The van der Waals surface area contributed by atoms with Crippen molar-refractivity contribution in [2.24, 2.45) is 0 Å². The molecule has 0 aliphatic heterocycles. The maximum atomic E-state index is 12.7. The molecule has 0 saturated heterocycles. The first-order valence-corrected chi connectivity index (χ1v) is 11.9. The fraction of sp³-hybridized carbons (Fsp3) is 0.318. The number of ether oxygens (including phenoxy) is 2. The van der Waals surface area contributed by atoms with Gasteiger partial charge in [-0.3, -0.25) is 9.59 Å². The second-order valence-corrected chi connectivity index (χ2v) is 9.14. The summed E-state index contributed by atoms with van der Waals surface area (Å²) in [6.45, 7) is 4.84. The Morgan fingerprint density at radius 3 is 2.45 bits per heavy atom. The second kappa shape index (κ2) is 11.8. The fourth-order valence-electron chi connectivity index (χ4n) is 2.84. The molecule has 1 atom stereocenters. The third kappa shape index (κ3) is 6.77. The largest absolute Gasteiger partial charge is 0.481 e. The van der Waals surface area contributed by atoms with E-state index in [2.05, 4.69) is 5.32 Å². The van der Waals surface area contributed by atoms with E-state index in [1.54, 1.807) is 26.0 Å². The minimum Gasteiger partial charge on any atom is -0.481 e. The summed E-state index contributed by atoms with van der Waals surface area (Å²) in [7, 11) is -3.76. The highest BCUT2D eigenvalue weighted by Crippen LogP contribution is 2.27. The van der Waals surface area contributed by atoms with Gasteiger partial charge in [-0.2, -0.15) is 4.31 Å². The zero-order valence-corrected chi connectivity index (χ0v) is 20.0. The number of sulfonamides is 1. The van der Waals surface area contributed by atoms with Crippen LogP contribution in [0.1, 0.15) is 31.1 Å². The van der Waals surface area contributed by atoms with Crippen LogP contribution in [0.2, 0.25) is 5.02 Å². The summed E-state index contributed by atoms with van der Waals surface area (Å²) < 4.78 is 37.0. The van der Waals surface area contributed by atoms with Crippen LogP contribution < -0.4 is 10.1 Å². The zero-order valence-electron chi connectivity index (χ0n) is 18.4. The third-order valence-corrected chi connectivity index (χ3v) is 6.98. The second-order valence-electron chi connectivity index (χ2n) is 6.80. The molecule has 1 unspecified atom stereocenters. The fourth-order valence-corrected chi connectivity index (χ4v) is 4.49. The van der Waals surface area contributed by atoms with Crippen molar-refractivity contribution in [3.8, 4) is 5.75 Å².